The fraction of sp³-hybridized carbons (Fsp3) is 0.409. The van der Waals surface area contributed by atoms with E-state index in [1.54, 1.807) is 26.4 Å². The number of halogens is 1. The molecule has 1 fully saturated rings. The van der Waals surface area contributed by atoms with Crippen molar-refractivity contribution in [2.24, 2.45) is 0 Å². The maximum absolute atomic E-state index is 12.9. The minimum Gasteiger partial charge on any atom is -0.496 e. The largest absolute Gasteiger partial charge is 0.496 e. The SMILES string of the molecule is COc1cc(C(=O)N2CCN(CCOc3ccc(Cl)cc3)CC2)cc(OC)c1C. The number of ether oxygens (including phenoxy) is 3. The van der Waals surface area contributed by atoms with Crippen LogP contribution >= 0.6 is 11.6 Å². The Morgan fingerprint density at radius 1 is 1.00 bits per heavy atom. The lowest BCUT2D eigenvalue weighted by atomic mass is 10.1. The van der Waals surface area contributed by atoms with E-state index in [0.29, 0.717) is 41.8 Å². The van der Waals surface area contributed by atoms with Gasteiger partial charge in [0.15, 0.2) is 0 Å². The van der Waals surface area contributed by atoms with Crippen molar-refractivity contribution in [2.75, 3.05) is 53.6 Å². The number of methoxy groups -OCH3 is 2. The summed E-state index contributed by atoms with van der Waals surface area (Å²) < 4.78 is 16.5. The molecule has 1 amide bonds. The molecule has 0 N–H and O–H groups in total. The van der Waals surface area contributed by atoms with Gasteiger partial charge in [0.1, 0.15) is 23.9 Å². The number of nitrogens with zero attached hydrogens (tertiary/aromatic N) is 2. The van der Waals surface area contributed by atoms with Crippen LogP contribution in [-0.4, -0.2) is 69.3 Å². The van der Waals surface area contributed by atoms with Gasteiger partial charge in [0.25, 0.3) is 5.91 Å². The van der Waals surface area contributed by atoms with Crippen molar-refractivity contribution in [3.8, 4) is 17.2 Å². The number of piperazine rings is 1. The molecule has 1 aliphatic rings. The van der Waals surface area contributed by atoms with E-state index in [0.717, 1.165) is 30.9 Å². The van der Waals surface area contributed by atoms with Crippen LogP contribution in [0.25, 0.3) is 0 Å². The predicted molar refractivity (Wildman–Crippen MR) is 114 cm³/mol. The van der Waals surface area contributed by atoms with Gasteiger partial charge < -0.3 is 19.1 Å². The Hall–Kier alpha value is -2.44. The molecule has 7 heteroatoms. The summed E-state index contributed by atoms with van der Waals surface area (Å²) in [7, 11) is 3.20. The predicted octanol–water partition coefficient (Wildman–Crippen LogP) is 3.50. The first-order chi connectivity index (χ1) is 14.0. The molecule has 29 heavy (non-hydrogen) atoms. The molecule has 2 aromatic rings. The lowest BCUT2D eigenvalue weighted by Gasteiger charge is -2.34. The zero-order valence-corrected chi connectivity index (χ0v) is 17.9. The summed E-state index contributed by atoms with van der Waals surface area (Å²) in [6.45, 7) is 6.32. The first kappa shape index (κ1) is 21.3. The molecular formula is C22H27ClN2O4. The van der Waals surface area contributed by atoms with Crippen molar-refractivity contribution in [1.82, 2.24) is 9.80 Å². The van der Waals surface area contributed by atoms with Gasteiger partial charge in [-0.1, -0.05) is 11.6 Å². The number of rotatable bonds is 7. The first-order valence-corrected chi connectivity index (χ1v) is 10.0. The summed E-state index contributed by atoms with van der Waals surface area (Å²) in [5.74, 6) is 2.13. The topological polar surface area (TPSA) is 51.2 Å². The average molecular weight is 419 g/mol. The molecule has 6 nitrogen and oxygen atoms in total. The van der Waals surface area contributed by atoms with E-state index < -0.39 is 0 Å². The fourth-order valence-electron chi connectivity index (χ4n) is 3.39. The second-order valence-electron chi connectivity index (χ2n) is 6.94. The molecular weight excluding hydrogens is 392 g/mol. The summed E-state index contributed by atoms with van der Waals surface area (Å²) in [6, 6.07) is 10.9. The van der Waals surface area contributed by atoms with E-state index >= 15 is 0 Å². The molecule has 3 rings (SSSR count). The van der Waals surface area contributed by atoms with Gasteiger partial charge in [-0.25, -0.2) is 0 Å². The zero-order valence-electron chi connectivity index (χ0n) is 17.1. The van der Waals surface area contributed by atoms with Crippen molar-refractivity contribution in [3.05, 3.63) is 52.5 Å². The van der Waals surface area contributed by atoms with Crippen LogP contribution in [0.4, 0.5) is 0 Å². The van der Waals surface area contributed by atoms with E-state index in [9.17, 15) is 4.79 Å². The Morgan fingerprint density at radius 3 is 2.14 bits per heavy atom. The van der Waals surface area contributed by atoms with Crippen molar-refractivity contribution >= 4 is 17.5 Å². The van der Waals surface area contributed by atoms with Crippen LogP contribution < -0.4 is 14.2 Å². The number of benzene rings is 2. The number of hydrogen-bond donors (Lipinski definition) is 0. The summed E-state index contributed by atoms with van der Waals surface area (Å²) in [6.07, 6.45) is 0. The molecule has 0 atom stereocenters. The molecule has 0 spiro atoms. The average Bonchev–Trinajstić information content (AvgIpc) is 2.75. The van der Waals surface area contributed by atoms with Crippen molar-refractivity contribution in [2.45, 2.75) is 6.92 Å². The second kappa shape index (κ2) is 9.85. The van der Waals surface area contributed by atoms with Gasteiger partial charge in [-0.2, -0.15) is 0 Å². The monoisotopic (exact) mass is 418 g/mol. The first-order valence-electron chi connectivity index (χ1n) is 9.64. The van der Waals surface area contributed by atoms with E-state index in [-0.39, 0.29) is 5.91 Å². The summed E-state index contributed by atoms with van der Waals surface area (Å²) in [5, 5.41) is 0.696. The molecule has 0 aliphatic carbocycles. The maximum atomic E-state index is 12.9. The van der Waals surface area contributed by atoms with Gasteiger partial charge >= 0.3 is 0 Å². The third kappa shape index (κ3) is 5.34. The number of amides is 1. The molecule has 0 aromatic heterocycles. The molecule has 1 heterocycles. The molecule has 1 saturated heterocycles. The van der Waals surface area contributed by atoms with Gasteiger partial charge in [0.2, 0.25) is 0 Å². The molecule has 0 unspecified atom stereocenters. The lowest BCUT2D eigenvalue weighted by Crippen LogP contribution is -2.49. The molecule has 156 valence electrons. The van der Waals surface area contributed by atoms with Crippen molar-refractivity contribution in [3.63, 3.8) is 0 Å². The highest BCUT2D eigenvalue weighted by molar-refractivity contribution is 6.30. The quantitative estimate of drug-likeness (QED) is 0.688. The van der Waals surface area contributed by atoms with Crippen LogP contribution in [0.15, 0.2) is 36.4 Å². The standard InChI is InChI=1S/C22H27ClN2O4/c1-16-20(27-2)14-17(15-21(16)28-3)22(26)25-10-8-24(9-11-25)12-13-29-19-6-4-18(23)5-7-19/h4-7,14-15H,8-13H2,1-3H3. The second-order valence-corrected chi connectivity index (χ2v) is 7.38. The molecule has 0 radical (unpaired) electrons. The van der Waals surface area contributed by atoms with Crippen LogP contribution in [0.5, 0.6) is 17.2 Å². The highest BCUT2D eigenvalue weighted by Gasteiger charge is 2.23. The lowest BCUT2D eigenvalue weighted by molar-refractivity contribution is 0.0619. The van der Waals surface area contributed by atoms with Gasteiger partial charge in [0.05, 0.1) is 14.2 Å². The normalized spacial score (nSPS) is 14.6. The molecule has 0 saturated carbocycles. The molecule has 2 aromatic carbocycles. The number of carbonyl (C=O) groups is 1. The Kier molecular flexibility index (Phi) is 7.23. The molecule has 1 aliphatic heterocycles. The zero-order chi connectivity index (χ0) is 20.8. The van der Waals surface area contributed by atoms with Gasteiger partial charge in [-0.05, 0) is 43.3 Å². The van der Waals surface area contributed by atoms with Crippen LogP contribution in [0, 0.1) is 6.92 Å². The summed E-state index contributed by atoms with van der Waals surface area (Å²) in [4.78, 5) is 17.1. The van der Waals surface area contributed by atoms with E-state index in [4.69, 9.17) is 25.8 Å². The van der Waals surface area contributed by atoms with E-state index in [1.807, 2.05) is 36.1 Å². The fourth-order valence-corrected chi connectivity index (χ4v) is 3.52. The van der Waals surface area contributed by atoms with E-state index in [1.165, 1.54) is 0 Å². The van der Waals surface area contributed by atoms with Gasteiger partial charge in [-0.15, -0.1) is 0 Å². The van der Waals surface area contributed by atoms with Crippen molar-refractivity contribution in [1.29, 1.82) is 0 Å². The van der Waals surface area contributed by atoms with Crippen LogP contribution in [-0.2, 0) is 0 Å². The number of carbonyl (C=O) groups excluding carboxylic acids is 1. The highest BCUT2D eigenvalue weighted by Crippen LogP contribution is 2.30. The highest BCUT2D eigenvalue weighted by atomic mass is 35.5. The minimum atomic E-state index is -0.00124. The summed E-state index contributed by atoms with van der Waals surface area (Å²) >= 11 is 5.88. The number of hydrogen-bond acceptors (Lipinski definition) is 5. The van der Waals surface area contributed by atoms with Crippen LogP contribution in [0.3, 0.4) is 0 Å². The Labute approximate surface area is 176 Å². The van der Waals surface area contributed by atoms with E-state index in [2.05, 4.69) is 4.90 Å². The summed E-state index contributed by atoms with van der Waals surface area (Å²) in [5.41, 5.74) is 1.47. The Balaban J connectivity index is 1.51. The van der Waals surface area contributed by atoms with Crippen LogP contribution in [0.1, 0.15) is 15.9 Å². The van der Waals surface area contributed by atoms with Gasteiger partial charge in [0, 0.05) is 48.9 Å². The van der Waals surface area contributed by atoms with Crippen LogP contribution in [0.2, 0.25) is 5.02 Å². The Bertz CT molecular complexity index is 808. The Morgan fingerprint density at radius 2 is 1.59 bits per heavy atom. The smallest absolute Gasteiger partial charge is 0.254 e. The molecule has 0 bridgehead atoms. The van der Waals surface area contributed by atoms with Gasteiger partial charge in [-0.3, -0.25) is 9.69 Å². The third-order valence-electron chi connectivity index (χ3n) is 5.15. The maximum Gasteiger partial charge on any atom is 0.254 e. The minimum absolute atomic E-state index is 0.00124. The van der Waals surface area contributed by atoms with Crippen molar-refractivity contribution < 1.29 is 19.0 Å². The third-order valence-corrected chi connectivity index (χ3v) is 5.40.